The zero-order valence-electron chi connectivity index (χ0n) is 15.6. The molecule has 4 aliphatic carbocycles. The predicted molar refractivity (Wildman–Crippen MR) is 100 cm³/mol. The summed E-state index contributed by atoms with van der Waals surface area (Å²) in [4.78, 5) is 24.6. The summed E-state index contributed by atoms with van der Waals surface area (Å²) in [6.45, 7) is 1.60. The highest BCUT2D eigenvalue weighted by molar-refractivity contribution is 5.90. The van der Waals surface area contributed by atoms with Crippen LogP contribution in [0.3, 0.4) is 0 Å². The largest absolute Gasteiger partial charge is 0.449 e. The molecule has 0 aliphatic heterocycles. The molecule has 5 rings (SSSR count). The van der Waals surface area contributed by atoms with Gasteiger partial charge in [-0.15, -0.1) is 0 Å². The van der Waals surface area contributed by atoms with Crippen molar-refractivity contribution >= 4 is 18.0 Å². The molecule has 4 saturated carbocycles. The molecule has 0 unspecified atom stereocenters. The molecule has 1 aromatic rings. The number of halogens is 1. The molecule has 1 N–H and O–H groups in total. The van der Waals surface area contributed by atoms with E-state index in [1.165, 1.54) is 43.5 Å². The summed E-state index contributed by atoms with van der Waals surface area (Å²) in [5.74, 6) is 1.03. The van der Waals surface area contributed by atoms with Crippen molar-refractivity contribution in [1.82, 2.24) is 5.32 Å². The second kappa shape index (κ2) is 7.10. The van der Waals surface area contributed by atoms with Gasteiger partial charge in [0.25, 0.3) is 5.91 Å². The molecule has 4 aliphatic rings. The first-order valence-corrected chi connectivity index (χ1v) is 9.87. The summed E-state index contributed by atoms with van der Waals surface area (Å²) in [6, 6.07) is 5.93. The second-order valence-corrected chi connectivity index (χ2v) is 8.65. The lowest BCUT2D eigenvalue weighted by Gasteiger charge is -2.57. The Labute approximate surface area is 159 Å². The highest BCUT2D eigenvalue weighted by Gasteiger charge is 2.51. The van der Waals surface area contributed by atoms with Crippen LogP contribution in [0, 0.1) is 23.6 Å². The minimum absolute atomic E-state index is 0.0933. The van der Waals surface area contributed by atoms with E-state index in [9.17, 15) is 14.0 Å². The van der Waals surface area contributed by atoms with Crippen molar-refractivity contribution in [2.45, 2.75) is 57.1 Å². The SMILES string of the molecule is C[C@H](OC(=O)/C=C/c1cccc(F)c1)C(=O)NC12CC3CC(CC(C3)C1)C2. The van der Waals surface area contributed by atoms with E-state index in [4.69, 9.17) is 4.74 Å². The molecule has 4 nitrogen and oxygen atoms in total. The number of carbonyl (C=O) groups excluding carboxylic acids is 2. The molecular formula is C22H26FNO3. The fourth-order valence-electron chi connectivity index (χ4n) is 5.67. The van der Waals surface area contributed by atoms with Crippen molar-refractivity contribution in [3.63, 3.8) is 0 Å². The van der Waals surface area contributed by atoms with Crippen molar-refractivity contribution in [3.8, 4) is 0 Å². The molecule has 4 bridgehead atoms. The monoisotopic (exact) mass is 371 g/mol. The zero-order chi connectivity index (χ0) is 19.0. The van der Waals surface area contributed by atoms with Crippen LogP contribution >= 0.6 is 0 Å². The Kier molecular flexibility index (Phi) is 4.79. The average molecular weight is 371 g/mol. The van der Waals surface area contributed by atoms with E-state index in [2.05, 4.69) is 5.32 Å². The Morgan fingerprint density at radius 1 is 1.19 bits per heavy atom. The summed E-state index contributed by atoms with van der Waals surface area (Å²) in [6.07, 6.45) is 8.97. The lowest BCUT2D eigenvalue weighted by atomic mass is 9.53. The zero-order valence-corrected chi connectivity index (χ0v) is 15.6. The topological polar surface area (TPSA) is 55.4 Å². The van der Waals surface area contributed by atoms with E-state index < -0.39 is 12.1 Å². The lowest BCUT2D eigenvalue weighted by molar-refractivity contribution is -0.152. The third-order valence-corrected chi connectivity index (χ3v) is 6.35. The van der Waals surface area contributed by atoms with Gasteiger partial charge in [-0.05, 0) is 87.0 Å². The minimum atomic E-state index is -0.845. The van der Waals surface area contributed by atoms with Crippen molar-refractivity contribution < 1.29 is 18.7 Å². The van der Waals surface area contributed by atoms with Crippen LogP contribution in [-0.4, -0.2) is 23.5 Å². The molecule has 0 aromatic heterocycles. The number of nitrogens with one attached hydrogen (secondary N) is 1. The van der Waals surface area contributed by atoms with E-state index in [1.807, 2.05) is 0 Å². The number of esters is 1. The van der Waals surface area contributed by atoms with Gasteiger partial charge < -0.3 is 10.1 Å². The average Bonchev–Trinajstić information content (AvgIpc) is 2.58. The predicted octanol–water partition coefficient (Wildman–Crippen LogP) is 3.86. The van der Waals surface area contributed by atoms with E-state index >= 15 is 0 Å². The van der Waals surface area contributed by atoms with Crippen molar-refractivity contribution in [2.75, 3.05) is 0 Å². The summed E-state index contributed by atoms with van der Waals surface area (Å²) >= 11 is 0. The summed E-state index contributed by atoms with van der Waals surface area (Å²) < 4.78 is 18.4. The van der Waals surface area contributed by atoms with Gasteiger partial charge in [0.1, 0.15) is 5.82 Å². The molecule has 27 heavy (non-hydrogen) atoms. The van der Waals surface area contributed by atoms with Gasteiger partial charge in [-0.2, -0.15) is 0 Å². The molecule has 5 heteroatoms. The first-order valence-electron chi connectivity index (χ1n) is 9.87. The number of amides is 1. The molecule has 1 amide bonds. The van der Waals surface area contributed by atoms with Crippen molar-refractivity contribution in [2.24, 2.45) is 17.8 Å². The Hall–Kier alpha value is -2.17. The van der Waals surface area contributed by atoms with Crippen LogP contribution in [0.15, 0.2) is 30.3 Å². The maximum Gasteiger partial charge on any atom is 0.331 e. The third kappa shape index (κ3) is 4.07. The number of hydrogen-bond donors (Lipinski definition) is 1. The molecular weight excluding hydrogens is 345 g/mol. The molecule has 144 valence electrons. The van der Waals surface area contributed by atoms with Crippen LogP contribution in [0.25, 0.3) is 6.08 Å². The number of rotatable bonds is 5. The minimum Gasteiger partial charge on any atom is -0.449 e. The molecule has 0 heterocycles. The third-order valence-electron chi connectivity index (χ3n) is 6.35. The first kappa shape index (κ1) is 18.2. The van der Waals surface area contributed by atoms with Gasteiger partial charge >= 0.3 is 5.97 Å². The molecule has 0 radical (unpaired) electrons. The van der Waals surface area contributed by atoms with Crippen LogP contribution in [-0.2, 0) is 14.3 Å². The highest BCUT2D eigenvalue weighted by Crippen LogP contribution is 2.55. The fraction of sp³-hybridized carbons (Fsp3) is 0.545. The molecule has 4 fully saturated rings. The number of benzene rings is 1. The van der Waals surface area contributed by atoms with Gasteiger partial charge in [-0.25, -0.2) is 9.18 Å². The van der Waals surface area contributed by atoms with Gasteiger partial charge in [0.15, 0.2) is 6.10 Å². The summed E-state index contributed by atoms with van der Waals surface area (Å²) in [5.41, 5.74) is 0.474. The maximum atomic E-state index is 13.2. The van der Waals surface area contributed by atoms with Gasteiger partial charge in [0, 0.05) is 11.6 Å². The van der Waals surface area contributed by atoms with Gasteiger partial charge in [-0.3, -0.25) is 4.79 Å². The number of ether oxygens (including phenoxy) is 1. The Morgan fingerprint density at radius 3 is 2.41 bits per heavy atom. The van der Waals surface area contributed by atoms with Gasteiger partial charge in [0.2, 0.25) is 0 Å². The Balaban J connectivity index is 1.32. The first-order chi connectivity index (χ1) is 12.9. The quantitative estimate of drug-likeness (QED) is 0.632. The lowest BCUT2D eigenvalue weighted by Crippen LogP contribution is -2.61. The summed E-state index contributed by atoms with van der Waals surface area (Å²) in [5, 5.41) is 3.22. The highest BCUT2D eigenvalue weighted by atomic mass is 19.1. The number of carbonyl (C=O) groups is 2. The van der Waals surface area contributed by atoms with Crippen LogP contribution in [0.4, 0.5) is 4.39 Å². The van der Waals surface area contributed by atoms with E-state index in [-0.39, 0.29) is 17.3 Å². The van der Waals surface area contributed by atoms with E-state index in [0.717, 1.165) is 37.0 Å². The molecule has 1 aromatic carbocycles. The standard InChI is InChI=1S/C22H26FNO3/c1-14(27-20(25)6-5-15-3-2-4-19(23)10-15)21(26)24-22-11-16-7-17(12-22)9-18(8-16)13-22/h2-6,10,14,16-18H,7-9,11-13H2,1H3,(H,24,26)/b6-5+/t14-,16?,17?,18?,22?/m0/s1. The van der Waals surface area contributed by atoms with Crippen LogP contribution in [0.5, 0.6) is 0 Å². The molecule has 1 atom stereocenters. The Bertz CT molecular complexity index is 737. The normalized spacial score (nSPS) is 32.4. The van der Waals surface area contributed by atoms with Crippen molar-refractivity contribution in [1.29, 1.82) is 0 Å². The van der Waals surface area contributed by atoms with Gasteiger partial charge in [-0.1, -0.05) is 12.1 Å². The fourth-order valence-corrected chi connectivity index (χ4v) is 5.67. The Morgan fingerprint density at radius 2 is 1.81 bits per heavy atom. The van der Waals surface area contributed by atoms with E-state index in [1.54, 1.807) is 19.1 Å². The summed E-state index contributed by atoms with van der Waals surface area (Å²) in [7, 11) is 0. The van der Waals surface area contributed by atoms with Crippen molar-refractivity contribution in [3.05, 3.63) is 41.7 Å². The second-order valence-electron chi connectivity index (χ2n) is 8.65. The van der Waals surface area contributed by atoms with Crippen LogP contribution < -0.4 is 5.32 Å². The maximum absolute atomic E-state index is 13.2. The number of hydrogen-bond acceptors (Lipinski definition) is 3. The molecule has 0 saturated heterocycles. The van der Waals surface area contributed by atoms with Gasteiger partial charge in [0.05, 0.1) is 0 Å². The van der Waals surface area contributed by atoms with Crippen LogP contribution in [0.1, 0.15) is 51.0 Å². The van der Waals surface area contributed by atoms with E-state index in [0.29, 0.717) is 5.56 Å². The smallest absolute Gasteiger partial charge is 0.331 e. The molecule has 0 spiro atoms. The van der Waals surface area contributed by atoms with Crippen LogP contribution in [0.2, 0.25) is 0 Å².